The number of amides is 6. The van der Waals surface area contributed by atoms with Crippen LogP contribution in [0.4, 0.5) is 0 Å². The standard InChI is InChI=1S/C60H94N8O6/c1-41(61-9)55(71)63-53(59(3,4)5)57(73)65-37-23-29-45(65)39-67(49-33-21-27-43-25-17-19-31-47(43)49)51(69)35-15-13-11-12-14-16-36-52(70)68(50-34-22-28-44-26-18-20-32-48(44)50)40-46-30-24-38-66(46)58(74)54(60(6,7)8)64-56(72)42(2)62-10/h17-20,25-26,31-32,41-42,45-46,49-50,53-54,61-62H,11-16,21-24,27-30,33-40H2,1-10H3,(H,63,71)(H,64,72)/t41-,42-,45-,46-,49+,50+,53+,54?/m0/s1. The molecule has 6 rings (SSSR count). The van der Waals surface area contributed by atoms with Gasteiger partial charge in [0.1, 0.15) is 12.1 Å². The van der Waals surface area contributed by atoms with E-state index in [2.05, 4.69) is 79.6 Å². The van der Waals surface area contributed by atoms with Crippen molar-refractivity contribution in [2.24, 2.45) is 10.8 Å². The minimum atomic E-state index is -0.695. The van der Waals surface area contributed by atoms with Crippen LogP contribution in [0.25, 0.3) is 0 Å². The van der Waals surface area contributed by atoms with E-state index in [1.165, 1.54) is 22.3 Å². The molecule has 0 radical (unpaired) electrons. The first-order valence-electron chi connectivity index (χ1n) is 28.6. The van der Waals surface area contributed by atoms with Crippen LogP contribution in [0.3, 0.4) is 0 Å². The Morgan fingerprint density at radius 2 is 0.905 bits per heavy atom. The van der Waals surface area contributed by atoms with Gasteiger partial charge in [-0.05, 0) is 138 Å². The molecule has 0 saturated carbocycles. The van der Waals surface area contributed by atoms with Crippen molar-refractivity contribution in [3.8, 4) is 0 Å². The molecule has 2 heterocycles. The highest BCUT2D eigenvalue weighted by Crippen LogP contribution is 2.39. The molecule has 74 heavy (non-hydrogen) atoms. The zero-order valence-electron chi connectivity index (χ0n) is 47.0. The summed E-state index contributed by atoms with van der Waals surface area (Å²) in [6.07, 6.45) is 15.3. The first-order chi connectivity index (χ1) is 35.2. The molecule has 0 aromatic heterocycles. The van der Waals surface area contributed by atoms with Crippen LogP contribution in [0, 0.1) is 10.8 Å². The zero-order valence-corrected chi connectivity index (χ0v) is 47.0. The Hall–Kier alpha value is -4.82. The molecule has 2 aromatic carbocycles. The number of nitrogens with zero attached hydrogens (tertiary/aromatic N) is 4. The highest BCUT2D eigenvalue weighted by Gasteiger charge is 2.44. The van der Waals surface area contributed by atoms with Gasteiger partial charge in [0.05, 0.1) is 24.2 Å². The van der Waals surface area contributed by atoms with E-state index in [4.69, 9.17) is 0 Å². The number of rotatable bonds is 23. The molecule has 1 unspecified atom stereocenters. The smallest absolute Gasteiger partial charge is 0.246 e. The number of hydrogen-bond donors (Lipinski definition) is 4. The Labute approximate surface area is 444 Å². The normalized spacial score (nSPS) is 21.4. The Kier molecular flexibility index (Phi) is 21.2. The van der Waals surface area contributed by atoms with E-state index >= 15 is 0 Å². The van der Waals surface area contributed by atoms with E-state index in [0.717, 1.165) is 103 Å². The summed E-state index contributed by atoms with van der Waals surface area (Å²) in [5.74, 6) is -0.311. The molecule has 14 heteroatoms. The fraction of sp³-hybridized carbons (Fsp3) is 0.700. The molecule has 0 bridgehead atoms. The van der Waals surface area contributed by atoms with E-state index in [9.17, 15) is 28.8 Å². The first-order valence-corrected chi connectivity index (χ1v) is 28.6. The van der Waals surface area contributed by atoms with Crippen LogP contribution in [0.1, 0.15) is 192 Å². The van der Waals surface area contributed by atoms with Crippen molar-refractivity contribution < 1.29 is 28.8 Å². The Balaban J connectivity index is 1.06. The Morgan fingerprint density at radius 1 is 0.541 bits per heavy atom. The lowest BCUT2D eigenvalue weighted by Gasteiger charge is -2.41. The highest BCUT2D eigenvalue weighted by molar-refractivity contribution is 5.91. The molecule has 2 aromatic rings. The van der Waals surface area contributed by atoms with Gasteiger partial charge < -0.3 is 40.9 Å². The number of carbonyl (C=O) groups is 6. The number of likely N-dealkylation sites (N-methyl/N-ethyl adjacent to an activating group) is 2. The maximum atomic E-state index is 14.6. The predicted molar refractivity (Wildman–Crippen MR) is 294 cm³/mol. The maximum Gasteiger partial charge on any atom is 0.246 e. The van der Waals surface area contributed by atoms with Crippen LogP contribution >= 0.6 is 0 Å². The molecule has 410 valence electrons. The van der Waals surface area contributed by atoms with Gasteiger partial charge in [-0.2, -0.15) is 0 Å². The van der Waals surface area contributed by atoms with Crippen molar-refractivity contribution in [1.82, 2.24) is 40.9 Å². The molecule has 4 aliphatic rings. The van der Waals surface area contributed by atoms with Gasteiger partial charge in [-0.15, -0.1) is 0 Å². The molecule has 2 saturated heterocycles. The van der Waals surface area contributed by atoms with E-state index < -0.39 is 35.0 Å². The second kappa shape index (κ2) is 26.8. The quantitative estimate of drug-likeness (QED) is 0.0811. The molecule has 0 spiro atoms. The van der Waals surface area contributed by atoms with Crippen molar-refractivity contribution in [3.63, 3.8) is 0 Å². The fourth-order valence-corrected chi connectivity index (χ4v) is 12.0. The number of nitrogens with one attached hydrogen (secondary N) is 4. The second-order valence-corrected chi connectivity index (χ2v) is 24.2. The maximum absolute atomic E-state index is 14.6. The summed E-state index contributed by atoms with van der Waals surface area (Å²) in [6, 6.07) is 14.4. The van der Waals surface area contributed by atoms with Crippen LogP contribution < -0.4 is 21.3 Å². The number of aryl methyl sites for hydroxylation is 2. The van der Waals surface area contributed by atoms with E-state index in [-0.39, 0.29) is 59.6 Å². The van der Waals surface area contributed by atoms with E-state index in [1.807, 2.05) is 51.3 Å². The molecule has 14 nitrogen and oxygen atoms in total. The molecule has 2 aliphatic carbocycles. The summed E-state index contributed by atoms with van der Waals surface area (Å²) in [6.45, 7) is 17.7. The SMILES string of the molecule is CN[C@@H](C)C(=O)NC(C(=O)N1CCC[C@H]1CN(C(=O)CCCCCCCCC(=O)N(C[C@@H]1CCCN1C(=O)[C@@H](NC(=O)[C@H](C)NC)C(C)(C)C)[C@@H]1CCCc2ccccc21)[C@@H]1CCCc2ccccc21)C(C)(C)C. The minimum absolute atomic E-state index is 0.0451. The topological polar surface area (TPSA) is 163 Å². The van der Waals surface area contributed by atoms with Crippen molar-refractivity contribution in [2.75, 3.05) is 40.3 Å². The monoisotopic (exact) mass is 1020 g/mol. The van der Waals surface area contributed by atoms with Gasteiger partial charge in [0.25, 0.3) is 0 Å². The lowest BCUT2D eigenvalue weighted by Crippen LogP contribution is -2.59. The number of carbonyl (C=O) groups excluding carboxylic acids is 6. The van der Waals surface area contributed by atoms with Gasteiger partial charge in [0.2, 0.25) is 35.4 Å². The van der Waals surface area contributed by atoms with Crippen molar-refractivity contribution in [3.05, 3.63) is 70.8 Å². The average Bonchev–Trinajstić information content (AvgIpc) is 4.06. The third-order valence-electron chi connectivity index (χ3n) is 16.7. The second-order valence-electron chi connectivity index (χ2n) is 24.2. The molecule has 8 atom stereocenters. The fourth-order valence-electron chi connectivity index (χ4n) is 12.0. The number of hydrogen-bond acceptors (Lipinski definition) is 8. The summed E-state index contributed by atoms with van der Waals surface area (Å²) >= 11 is 0. The summed E-state index contributed by atoms with van der Waals surface area (Å²) in [7, 11) is 3.47. The van der Waals surface area contributed by atoms with Crippen molar-refractivity contribution in [1.29, 1.82) is 0 Å². The molecule has 2 aliphatic heterocycles. The first kappa shape index (κ1) is 58.4. The summed E-state index contributed by atoms with van der Waals surface area (Å²) in [4.78, 5) is 92.2. The van der Waals surface area contributed by atoms with Gasteiger partial charge in [0.15, 0.2) is 0 Å². The summed E-state index contributed by atoms with van der Waals surface area (Å²) in [5.41, 5.74) is 4.01. The van der Waals surface area contributed by atoms with Crippen LogP contribution in [0.15, 0.2) is 48.5 Å². The lowest BCUT2D eigenvalue weighted by molar-refractivity contribution is -0.143. The molecule has 2 fully saturated rings. The molecular formula is C60H94N8O6. The van der Waals surface area contributed by atoms with Crippen molar-refractivity contribution in [2.45, 2.75) is 219 Å². The molecule has 4 N–H and O–H groups in total. The third-order valence-corrected chi connectivity index (χ3v) is 16.7. The largest absolute Gasteiger partial charge is 0.342 e. The number of fused-ring (bicyclic) bond motifs is 2. The van der Waals surface area contributed by atoms with Crippen LogP contribution in [-0.4, -0.2) is 132 Å². The third kappa shape index (κ3) is 15.0. The predicted octanol–water partition coefficient (Wildman–Crippen LogP) is 8.18. The number of benzene rings is 2. The highest BCUT2D eigenvalue weighted by atomic mass is 16.2. The van der Waals surface area contributed by atoms with Gasteiger partial charge in [-0.25, -0.2) is 0 Å². The Morgan fingerprint density at radius 3 is 1.27 bits per heavy atom. The van der Waals surface area contributed by atoms with Crippen molar-refractivity contribution >= 4 is 35.4 Å². The van der Waals surface area contributed by atoms with Gasteiger partial charge >= 0.3 is 0 Å². The molecular weight excluding hydrogens is 929 g/mol. The Bertz CT molecular complexity index is 2070. The average molecular weight is 1020 g/mol. The van der Waals surface area contributed by atoms with Crippen LogP contribution in [0.2, 0.25) is 0 Å². The lowest BCUT2D eigenvalue weighted by atomic mass is 9.85. The van der Waals surface area contributed by atoms with Gasteiger partial charge in [0, 0.05) is 51.1 Å². The molecule has 6 amide bonds. The van der Waals surface area contributed by atoms with E-state index in [0.29, 0.717) is 39.0 Å². The summed E-state index contributed by atoms with van der Waals surface area (Å²) < 4.78 is 0. The van der Waals surface area contributed by atoms with Crippen LogP contribution in [-0.2, 0) is 41.6 Å². The van der Waals surface area contributed by atoms with Gasteiger partial charge in [-0.1, -0.05) is 116 Å². The zero-order chi connectivity index (χ0) is 53.7. The minimum Gasteiger partial charge on any atom is -0.342 e. The van der Waals surface area contributed by atoms with Crippen LogP contribution in [0.5, 0.6) is 0 Å². The number of unbranched alkanes of at least 4 members (excludes halogenated alkanes) is 5. The number of likely N-dealkylation sites (tertiary alicyclic amines) is 2. The van der Waals surface area contributed by atoms with E-state index in [1.54, 1.807) is 27.9 Å². The summed E-state index contributed by atoms with van der Waals surface area (Å²) in [5, 5.41) is 12.1. The van der Waals surface area contributed by atoms with Gasteiger partial charge in [-0.3, -0.25) is 28.8 Å².